The largest absolute Gasteiger partial charge is 0.462 e. The summed E-state index contributed by atoms with van der Waals surface area (Å²) in [5.41, 5.74) is 0. The van der Waals surface area contributed by atoms with Crippen LogP contribution in [0.5, 0.6) is 0 Å². The van der Waals surface area contributed by atoms with Crippen molar-refractivity contribution < 1.29 is 19.1 Å². The van der Waals surface area contributed by atoms with Gasteiger partial charge in [-0.1, -0.05) is 24.3 Å². The number of fused-ring (bicyclic) bond motifs is 4. The third kappa shape index (κ3) is 2.49. The Hall–Kier alpha value is -1.58. The normalized spacial score (nSPS) is 40.4. The Morgan fingerprint density at radius 1 is 0.727 bits per heavy atom. The van der Waals surface area contributed by atoms with Crippen LogP contribution in [-0.2, 0) is 19.1 Å². The van der Waals surface area contributed by atoms with E-state index in [1.54, 1.807) is 0 Å². The molecule has 4 heteroatoms. The fourth-order valence-electron chi connectivity index (χ4n) is 4.60. The summed E-state index contributed by atoms with van der Waals surface area (Å²) in [6.45, 7) is 0.359. The minimum Gasteiger partial charge on any atom is -0.462 e. The molecule has 0 aromatic rings. The monoisotopic (exact) mass is 302 g/mol. The maximum atomic E-state index is 12.0. The smallest absolute Gasteiger partial charge is 0.309 e. The summed E-state index contributed by atoms with van der Waals surface area (Å²) in [6, 6.07) is 0. The molecule has 1 unspecified atom stereocenters. The first-order valence-corrected chi connectivity index (χ1v) is 8.40. The molecule has 4 aliphatic rings. The predicted molar refractivity (Wildman–Crippen MR) is 79.6 cm³/mol. The third-order valence-corrected chi connectivity index (χ3v) is 5.74. The fourth-order valence-corrected chi connectivity index (χ4v) is 4.60. The Morgan fingerprint density at radius 3 is 1.50 bits per heavy atom. The summed E-state index contributed by atoms with van der Waals surface area (Å²) >= 11 is 0. The molecule has 0 saturated heterocycles. The van der Waals surface area contributed by atoms with E-state index in [-0.39, 0.29) is 37.0 Å². The first kappa shape index (κ1) is 14.0. The summed E-state index contributed by atoms with van der Waals surface area (Å²) in [4.78, 5) is 24.1. The van der Waals surface area contributed by atoms with Gasteiger partial charge >= 0.3 is 11.9 Å². The van der Waals surface area contributed by atoms with Gasteiger partial charge in [-0.15, -0.1) is 0 Å². The molecule has 4 bridgehead atoms. The molecule has 6 atom stereocenters. The zero-order valence-electron chi connectivity index (χ0n) is 12.6. The molecule has 0 spiro atoms. The number of allylic oxidation sites excluding steroid dienone is 4. The zero-order valence-corrected chi connectivity index (χ0v) is 12.6. The van der Waals surface area contributed by atoms with Crippen molar-refractivity contribution in [3.63, 3.8) is 0 Å². The van der Waals surface area contributed by atoms with Crippen LogP contribution in [0.4, 0.5) is 0 Å². The molecule has 2 saturated carbocycles. The second kappa shape index (κ2) is 5.56. The Labute approximate surface area is 130 Å². The van der Waals surface area contributed by atoms with E-state index in [1.807, 2.05) is 0 Å². The Balaban J connectivity index is 1.17. The van der Waals surface area contributed by atoms with Crippen molar-refractivity contribution in [1.29, 1.82) is 0 Å². The molecule has 0 aliphatic heterocycles. The van der Waals surface area contributed by atoms with Crippen LogP contribution in [0.2, 0.25) is 0 Å². The van der Waals surface area contributed by atoms with Gasteiger partial charge in [-0.05, 0) is 49.4 Å². The van der Waals surface area contributed by atoms with Gasteiger partial charge in [0.1, 0.15) is 13.2 Å². The lowest BCUT2D eigenvalue weighted by Gasteiger charge is -2.18. The molecule has 118 valence electrons. The van der Waals surface area contributed by atoms with E-state index in [0.29, 0.717) is 23.7 Å². The molecule has 0 N–H and O–H groups in total. The molecular weight excluding hydrogens is 280 g/mol. The van der Waals surface area contributed by atoms with Gasteiger partial charge in [0.15, 0.2) is 0 Å². The van der Waals surface area contributed by atoms with Gasteiger partial charge in [0.2, 0.25) is 0 Å². The second-order valence-electron chi connectivity index (χ2n) is 7.11. The maximum absolute atomic E-state index is 12.0. The van der Waals surface area contributed by atoms with E-state index in [2.05, 4.69) is 24.3 Å². The van der Waals surface area contributed by atoms with Gasteiger partial charge in [0.05, 0.1) is 11.8 Å². The minimum atomic E-state index is -0.129. The van der Waals surface area contributed by atoms with E-state index >= 15 is 0 Å². The number of carbonyl (C=O) groups is 2. The predicted octanol–water partition coefficient (Wildman–Crippen LogP) is 2.50. The standard InChI is InChI=1S/C18H22O4/c19-17(15-9-11-1-3-13(15)7-11)21-5-6-22-18(20)16-10-12-2-4-14(16)8-12/h1-4,11-16H,5-10H2/t11-,12-,13+,14+,15-,16?/m1/s1. The van der Waals surface area contributed by atoms with Gasteiger partial charge < -0.3 is 9.47 Å². The van der Waals surface area contributed by atoms with Gasteiger partial charge in [-0.25, -0.2) is 0 Å². The van der Waals surface area contributed by atoms with Crippen molar-refractivity contribution in [2.75, 3.05) is 13.2 Å². The lowest BCUT2D eigenvalue weighted by molar-refractivity contribution is -0.158. The van der Waals surface area contributed by atoms with Crippen molar-refractivity contribution in [2.24, 2.45) is 35.5 Å². The average molecular weight is 302 g/mol. The molecule has 4 nitrogen and oxygen atoms in total. The third-order valence-electron chi connectivity index (χ3n) is 5.74. The maximum Gasteiger partial charge on any atom is 0.309 e. The van der Waals surface area contributed by atoms with Gasteiger partial charge in [0.25, 0.3) is 0 Å². The van der Waals surface area contributed by atoms with E-state index in [1.165, 1.54) is 0 Å². The highest BCUT2D eigenvalue weighted by molar-refractivity contribution is 5.75. The number of carbonyl (C=O) groups excluding carboxylic acids is 2. The van der Waals surface area contributed by atoms with Crippen molar-refractivity contribution in [3.05, 3.63) is 24.3 Å². The molecule has 2 fully saturated rings. The molecule has 0 aromatic carbocycles. The topological polar surface area (TPSA) is 52.6 Å². The van der Waals surface area contributed by atoms with Crippen molar-refractivity contribution in [3.8, 4) is 0 Å². The van der Waals surface area contributed by atoms with E-state index in [0.717, 1.165) is 25.7 Å². The summed E-state index contributed by atoms with van der Waals surface area (Å²) in [7, 11) is 0. The minimum absolute atomic E-state index is 0.0152. The fraction of sp³-hybridized carbons (Fsp3) is 0.667. The van der Waals surface area contributed by atoms with Crippen LogP contribution in [0, 0.1) is 35.5 Å². The van der Waals surface area contributed by atoms with E-state index in [9.17, 15) is 9.59 Å². The van der Waals surface area contributed by atoms with Crippen molar-refractivity contribution in [2.45, 2.75) is 25.7 Å². The van der Waals surface area contributed by atoms with Crippen molar-refractivity contribution >= 4 is 11.9 Å². The first-order valence-electron chi connectivity index (χ1n) is 8.40. The number of hydrogen-bond acceptors (Lipinski definition) is 4. The molecule has 22 heavy (non-hydrogen) atoms. The van der Waals surface area contributed by atoms with Crippen LogP contribution in [0.15, 0.2) is 24.3 Å². The Kier molecular flexibility index (Phi) is 3.55. The Morgan fingerprint density at radius 2 is 1.18 bits per heavy atom. The van der Waals surface area contributed by atoms with Crippen LogP contribution in [0.25, 0.3) is 0 Å². The van der Waals surface area contributed by atoms with E-state index in [4.69, 9.17) is 9.47 Å². The molecule has 0 radical (unpaired) electrons. The SMILES string of the molecule is O=C(OCCOC(=O)[C@@H]1C[C@@H]2C=C[C@H]1C2)C1C[C@@H]2C=C[C@H]1C2. The summed E-state index contributed by atoms with van der Waals surface area (Å²) in [6.07, 6.45) is 12.7. The van der Waals surface area contributed by atoms with Crippen LogP contribution >= 0.6 is 0 Å². The first-order chi connectivity index (χ1) is 10.7. The van der Waals surface area contributed by atoms with Gasteiger partial charge in [-0.3, -0.25) is 9.59 Å². The summed E-state index contributed by atoms with van der Waals surface area (Å²) < 4.78 is 10.6. The van der Waals surface area contributed by atoms with Crippen molar-refractivity contribution in [1.82, 2.24) is 0 Å². The molecular formula is C18H22O4. The Bertz CT molecular complexity index is 487. The van der Waals surface area contributed by atoms with Crippen LogP contribution in [0.1, 0.15) is 25.7 Å². The van der Waals surface area contributed by atoms with Gasteiger partial charge in [-0.2, -0.15) is 0 Å². The highest BCUT2D eigenvalue weighted by atomic mass is 16.6. The van der Waals surface area contributed by atoms with Gasteiger partial charge in [0, 0.05) is 0 Å². The number of hydrogen-bond donors (Lipinski definition) is 0. The molecule has 4 rings (SSSR count). The number of ether oxygens (including phenoxy) is 2. The molecule has 0 heterocycles. The quantitative estimate of drug-likeness (QED) is 0.445. The number of rotatable bonds is 5. The highest BCUT2D eigenvalue weighted by Gasteiger charge is 2.41. The summed E-state index contributed by atoms with van der Waals surface area (Å²) in [5, 5.41) is 0. The van der Waals surface area contributed by atoms with E-state index < -0.39 is 0 Å². The average Bonchev–Trinajstić information content (AvgIpc) is 3.30. The van der Waals surface area contributed by atoms with Crippen LogP contribution < -0.4 is 0 Å². The summed E-state index contributed by atoms with van der Waals surface area (Å²) in [5.74, 6) is 1.62. The molecule has 4 aliphatic carbocycles. The highest BCUT2D eigenvalue weighted by Crippen LogP contribution is 2.44. The second-order valence-corrected chi connectivity index (χ2v) is 7.11. The number of esters is 2. The van der Waals surface area contributed by atoms with Crippen LogP contribution in [-0.4, -0.2) is 25.2 Å². The zero-order chi connectivity index (χ0) is 15.1. The lowest BCUT2D eigenvalue weighted by atomic mass is 9.94. The lowest BCUT2D eigenvalue weighted by Crippen LogP contribution is -2.26. The van der Waals surface area contributed by atoms with Crippen LogP contribution in [0.3, 0.4) is 0 Å². The molecule has 0 amide bonds. The molecule has 0 aromatic heterocycles.